The normalized spacial score (nSPS) is 47.3. The predicted molar refractivity (Wildman–Crippen MR) is 147 cm³/mol. The van der Waals surface area contributed by atoms with Gasteiger partial charge in [0.05, 0.1) is 6.10 Å². The summed E-state index contributed by atoms with van der Waals surface area (Å²) in [7, 11) is 0. The lowest BCUT2D eigenvalue weighted by Gasteiger charge is -2.72. The lowest BCUT2D eigenvalue weighted by molar-refractivity contribution is -0.227. The second-order valence-corrected chi connectivity index (χ2v) is 15.4. The second-order valence-electron chi connectivity index (χ2n) is 15.4. The number of rotatable bonds is 3. The highest BCUT2D eigenvalue weighted by Gasteiger charge is 2.69. The van der Waals surface area contributed by atoms with Crippen LogP contribution in [0.15, 0.2) is 22.8 Å². The average molecular weight is 511 g/mol. The molecule has 4 saturated carbocycles. The summed E-state index contributed by atoms with van der Waals surface area (Å²) in [4.78, 5) is 25.5. The molecule has 0 amide bonds. The van der Waals surface area contributed by atoms with Crippen LogP contribution < -0.4 is 0 Å². The van der Waals surface area contributed by atoms with Crippen LogP contribution in [-0.4, -0.2) is 28.1 Å². The van der Waals surface area contributed by atoms with Crippen LogP contribution in [0.4, 0.5) is 0 Å². The zero-order valence-electron chi connectivity index (χ0n) is 24.5. The fourth-order valence-electron chi connectivity index (χ4n) is 11.3. The van der Waals surface area contributed by atoms with E-state index in [1.54, 1.807) is 6.92 Å². The van der Waals surface area contributed by atoms with Crippen molar-refractivity contribution in [1.29, 1.82) is 0 Å². The molecule has 37 heavy (non-hydrogen) atoms. The Bertz CT molecular complexity index is 1080. The summed E-state index contributed by atoms with van der Waals surface area (Å²) in [6.45, 7) is 18.2. The van der Waals surface area contributed by atoms with E-state index < -0.39 is 11.4 Å². The number of allylic oxidation sites excluding steroid dienone is 3. The number of aliphatic hydroxyl groups is 1. The molecule has 0 radical (unpaired) electrons. The summed E-state index contributed by atoms with van der Waals surface area (Å²) in [5.74, 6) is 0.988. The van der Waals surface area contributed by atoms with Gasteiger partial charge in [0, 0.05) is 17.4 Å². The van der Waals surface area contributed by atoms with Crippen LogP contribution in [0, 0.1) is 50.7 Å². The van der Waals surface area contributed by atoms with Crippen LogP contribution in [0.2, 0.25) is 0 Å². The van der Waals surface area contributed by atoms with Gasteiger partial charge in [-0.05, 0) is 115 Å². The predicted octanol–water partition coefficient (Wildman–Crippen LogP) is 7.36. The molecule has 0 saturated heterocycles. The van der Waals surface area contributed by atoms with Gasteiger partial charge in [0.25, 0.3) is 0 Å². The molecule has 0 spiro atoms. The number of fused-ring (bicyclic) bond motifs is 7. The molecule has 0 aromatic carbocycles. The molecule has 0 aliphatic heterocycles. The highest BCUT2D eigenvalue weighted by Crippen LogP contribution is 2.76. The minimum Gasteiger partial charge on any atom is -0.478 e. The van der Waals surface area contributed by atoms with Crippen LogP contribution >= 0.6 is 0 Å². The van der Waals surface area contributed by atoms with Crippen molar-refractivity contribution in [3.05, 3.63) is 22.8 Å². The van der Waals surface area contributed by atoms with E-state index in [-0.39, 0.29) is 39.5 Å². The summed E-state index contributed by atoms with van der Waals surface area (Å²) in [5, 5.41) is 20.7. The molecule has 2 N–H and O–H groups in total. The van der Waals surface area contributed by atoms with E-state index in [0.29, 0.717) is 29.7 Å². The van der Waals surface area contributed by atoms with Crippen LogP contribution in [-0.2, 0) is 9.59 Å². The van der Waals surface area contributed by atoms with Crippen molar-refractivity contribution >= 4 is 11.8 Å². The van der Waals surface area contributed by atoms with Crippen LogP contribution in [0.25, 0.3) is 0 Å². The highest BCUT2D eigenvalue weighted by molar-refractivity contribution is 6.01. The SMILES string of the molecule is CC(=C[C@@]12CC[C@]3(C)[C@H](CC[C@@H]4[C@@]5(C)CC[C@H](O)C(C)(C)[C@@H]5CC[C@]43C)C1=C(C(C)C)C(=O)C2)C(=O)O. The van der Waals surface area contributed by atoms with E-state index in [2.05, 4.69) is 48.5 Å². The number of carbonyl (C=O) groups is 2. The Morgan fingerprint density at radius 1 is 0.919 bits per heavy atom. The molecule has 5 rings (SSSR count). The third-order valence-corrected chi connectivity index (χ3v) is 13.3. The maximum Gasteiger partial charge on any atom is 0.330 e. The summed E-state index contributed by atoms with van der Waals surface area (Å²) in [6.07, 6.45) is 10.7. The molecule has 0 bridgehead atoms. The molecule has 0 aromatic heterocycles. The van der Waals surface area contributed by atoms with E-state index in [0.717, 1.165) is 50.5 Å². The van der Waals surface area contributed by atoms with Gasteiger partial charge in [0.1, 0.15) is 0 Å². The number of carboxylic acid groups (broad SMARTS) is 1. The minimum atomic E-state index is -0.878. The van der Waals surface area contributed by atoms with E-state index >= 15 is 0 Å². The Morgan fingerprint density at radius 2 is 1.59 bits per heavy atom. The molecule has 5 aliphatic rings. The Labute approximate surface area is 224 Å². The smallest absolute Gasteiger partial charge is 0.330 e. The third-order valence-electron chi connectivity index (χ3n) is 13.3. The Kier molecular flexibility index (Phi) is 6.09. The number of aliphatic hydroxyl groups excluding tert-OH is 1. The van der Waals surface area contributed by atoms with Crippen molar-refractivity contribution in [3.63, 3.8) is 0 Å². The molecule has 4 nitrogen and oxygen atoms in total. The standard InChI is InChI=1S/C33H50O4/c1-19(2)26-22(34)18-33(17-20(3)28(36)37)16-15-31(7)21(27(26)33)9-10-24-30(6)13-12-25(35)29(4,5)23(30)11-14-32(24,31)8/h17,19,21,23-25,35H,9-16,18H2,1-8H3,(H,36,37)/t21-,23+,24-,25+,30+,31-,32-,33-/m1/s1. The number of carboxylic acids is 1. The van der Waals surface area contributed by atoms with Gasteiger partial charge >= 0.3 is 5.97 Å². The molecule has 0 aromatic rings. The fourth-order valence-corrected chi connectivity index (χ4v) is 11.3. The maximum atomic E-state index is 13.6. The number of hydrogen-bond acceptors (Lipinski definition) is 3. The first-order chi connectivity index (χ1) is 17.0. The molecule has 0 unspecified atom stereocenters. The maximum absolute atomic E-state index is 13.6. The number of aliphatic carboxylic acids is 1. The quantitative estimate of drug-likeness (QED) is 0.389. The fraction of sp³-hybridized carbons (Fsp3) is 0.818. The van der Waals surface area contributed by atoms with E-state index in [9.17, 15) is 19.8 Å². The van der Waals surface area contributed by atoms with Gasteiger partial charge in [0.15, 0.2) is 5.78 Å². The first-order valence-corrected chi connectivity index (χ1v) is 14.9. The van der Waals surface area contributed by atoms with Gasteiger partial charge in [-0.25, -0.2) is 4.79 Å². The van der Waals surface area contributed by atoms with E-state index in [1.165, 1.54) is 12.0 Å². The summed E-state index contributed by atoms with van der Waals surface area (Å²) < 4.78 is 0. The minimum absolute atomic E-state index is 0.0574. The first-order valence-electron chi connectivity index (χ1n) is 14.9. The summed E-state index contributed by atoms with van der Waals surface area (Å²) in [6, 6.07) is 0. The van der Waals surface area contributed by atoms with Crippen LogP contribution in [0.3, 0.4) is 0 Å². The zero-order chi connectivity index (χ0) is 27.3. The molecule has 206 valence electrons. The van der Waals surface area contributed by atoms with E-state index in [4.69, 9.17) is 0 Å². The largest absolute Gasteiger partial charge is 0.478 e. The van der Waals surface area contributed by atoms with E-state index in [1.807, 2.05) is 6.08 Å². The van der Waals surface area contributed by atoms with Gasteiger partial charge in [-0.15, -0.1) is 0 Å². The van der Waals surface area contributed by atoms with Gasteiger partial charge in [0.2, 0.25) is 0 Å². The highest BCUT2D eigenvalue weighted by atomic mass is 16.4. The summed E-state index contributed by atoms with van der Waals surface area (Å²) >= 11 is 0. The van der Waals surface area contributed by atoms with Gasteiger partial charge in [-0.1, -0.05) is 54.5 Å². The number of ketones is 1. The second kappa shape index (κ2) is 8.29. The Hall–Kier alpha value is -1.42. The number of hydrogen-bond donors (Lipinski definition) is 2. The van der Waals surface area contributed by atoms with Gasteiger partial charge in [-0.2, -0.15) is 0 Å². The lowest BCUT2D eigenvalue weighted by Crippen LogP contribution is -2.65. The molecule has 4 heteroatoms. The molecule has 0 heterocycles. The molecule has 5 aliphatic carbocycles. The van der Waals surface area contributed by atoms with Crippen molar-refractivity contribution in [2.45, 2.75) is 119 Å². The Morgan fingerprint density at radius 3 is 2.22 bits per heavy atom. The average Bonchev–Trinajstić information content (AvgIpc) is 3.09. The molecule has 8 atom stereocenters. The lowest BCUT2D eigenvalue weighted by atomic mass is 9.33. The van der Waals surface area contributed by atoms with Crippen LogP contribution in [0.5, 0.6) is 0 Å². The topological polar surface area (TPSA) is 74.6 Å². The molecule has 4 fully saturated rings. The van der Waals surface area contributed by atoms with Crippen molar-refractivity contribution in [2.24, 2.45) is 50.7 Å². The van der Waals surface area contributed by atoms with Crippen molar-refractivity contribution in [2.75, 3.05) is 0 Å². The number of Topliss-reactive ketones (excluding diaryl/α,β-unsaturated/α-hetero) is 1. The van der Waals surface area contributed by atoms with Crippen LogP contribution in [0.1, 0.15) is 113 Å². The van der Waals surface area contributed by atoms with Crippen molar-refractivity contribution < 1.29 is 19.8 Å². The van der Waals surface area contributed by atoms with Gasteiger partial charge < -0.3 is 10.2 Å². The van der Waals surface area contributed by atoms with Crippen molar-refractivity contribution in [3.8, 4) is 0 Å². The zero-order valence-corrected chi connectivity index (χ0v) is 24.5. The third kappa shape index (κ3) is 3.42. The molecular formula is C33H50O4. The van der Waals surface area contributed by atoms with Gasteiger partial charge in [-0.3, -0.25) is 4.79 Å². The first kappa shape index (κ1) is 27.2. The Balaban J connectivity index is 1.62. The van der Waals surface area contributed by atoms with Crippen molar-refractivity contribution in [1.82, 2.24) is 0 Å². The number of carbonyl (C=O) groups excluding carboxylic acids is 1. The monoisotopic (exact) mass is 510 g/mol. The molecular weight excluding hydrogens is 460 g/mol. The summed E-state index contributed by atoms with van der Waals surface area (Å²) in [5.41, 5.74) is 2.68.